The van der Waals surface area contributed by atoms with Gasteiger partial charge in [-0.3, -0.25) is 9.69 Å². The fraction of sp³-hybridized carbons (Fsp3) is 0.353. The van der Waals surface area contributed by atoms with Gasteiger partial charge in [0, 0.05) is 68.9 Å². The standard InChI is InChI=1S/C34H40N6O2/c1-26-8-9-33(27(2)20-26)39-14-12-37(13-15-39)25-34(41)35-24-28-21-29(23-31(22-28)38-16-18-42-19-17-38)32-10-11-40(36-32)30-6-4-3-5-7-30/h3-11,20-23H,12-19,24-25H2,1-2H3,(H,35,41). The molecule has 218 valence electrons. The molecular formula is C34H40N6O2. The Morgan fingerprint density at radius 1 is 0.833 bits per heavy atom. The van der Waals surface area contributed by atoms with Crippen molar-refractivity contribution >= 4 is 17.3 Å². The molecule has 6 rings (SSSR count). The van der Waals surface area contributed by atoms with E-state index in [0.717, 1.165) is 80.7 Å². The first-order valence-electron chi connectivity index (χ1n) is 14.9. The summed E-state index contributed by atoms with van der Waals surface area (Å²) in [4.78, 5) is 20.1. The van der Waals surface area contributed by atoms with Crippen LogP contribution in [0.2, 0.25) is 0 Å². The Morgan fingerprint density at radius 2 is 1.62 bits per heavy atom. The number of anilines is 2. The minimum absolute atomic E-state index is 0.0571. The van der Waals surface area contributed by atoms with Gasteiger partial charge in [0.25, 0.3) is 0 Å². The third-order valence-electron chi connectivity index (χ3n) is 8.18. The average Bonchev–Trinajstić information content (AvgIpc) is 3.52. The third-order valence-corrected chi connectivity index (χ3v) is 8.18. The van der Waals surface area contributed by atoms with Gasteiger partial charge in [-0.1, -0.05) is 35.9 Å². The molecule has 42 heavy (non-hydrogen) atoms. The van der Waals surface area contributed by atoms with Crippen molar-refractivity contribution < 1.29 is 9.53 Å². The number of carbonyl (C=O) groups excluding carboxylic acids is 1. The number of carbonyl (C=O) groups is 1. The predicted octanol–water partition coefficient (Wildman–Crippen LogP) is 4.43. The van der Waals surface area contributed by atoms with Crippen LogP contribution in [-0.2, 0) is 16.1 Å². The van der Waals surface area contributed by atoms with Gasteiger partial charge >= 0.3 is 0 Å². The van der Waals surface area contributed by atoms with Gasteiger partial charge in [-0.25, -0.2) is 4.68 Å². The Kier molecular flexibility index (Phi) is 8.53. The number of ether oxygens (including phenoxy) is 1. The van der Waals surface area contributed by atoms with E-state index in [0.29, 0.717) is 13.1 Å². The smallest absolute Gasteiger partial charge is 0.234 e. The summed E-state index contributed by atoms with van der Waals surface area (Å²) in [5, 5.41) is 8.05. The number of hydrogen-bond acceptors (Lipinski definition) is 6. The van der Waals surface area contributed by atoms with E-state index in [1.807, 2.05) is 47.3 Å². The molecule has 1 amide bonds. The molecule has 0 radical (unpaired) electrons. The first kappa shape index (κ1) is 28.0. The zero-order valence-corrected chi connectivity index (χ0v) is 24.6. The third kappa shape index (κ3) is 6.66. The predicted molar refractivity (Wildman–Crippen MR) is 168 cm³/mol. The van der Waals surface area contributed by atoms with E-state index >= 15 is 0 Å². The number of aryl methyl sites for hydroxylation is 2. The summed E-state index contributed by atoms with van der Waals surface area (Å²) in [7, 11) is 0. The molecule has 8 nitrogen and oxygen atoms in total. The Hall–Kier alpha value is -4.14. The monoisotopic (exact) mass is 564 g/mol. The van der Waals surface area contributed by atoms with Gasteiger partial charge in [0.2, 0.25) is 5.91 Å². The number of piperazine rings is 1. The molecule has 0 atom stereocenters. The molecule has 2 aliphatic heterocycles. The second kappa shape index (κ2) is 12.8. The van der Waals surface area contributed by atoms with Crippen molar-refractivity contribution in [3.63, 3.8) is 0 Å². The van der Waals surface area contributed by atoms with Crippen LogP contribution in [0.4, 0.5) is 11.4 Å². The zero-order valence-electron chi connectivity index (χ0n) is 24.6. The summed E-state index contributed by atoms with van der Waals surface area (Å²) in [5.74, 6) is 0.0571. The van der Waals surface area contributed by atoms with Crippen LogP contribution in [0.5, 0.6) is 0 Å². The molecule has 1 aromatic heterocycles. The van der Waals surface area contributed by atoms with Crippen molar-refractivity contribution in [3.05, 3.63) is 95.7 Å². The summed E-state index contributed by atoms with van der Waals surface area (Å²) >= 11 is 0. The van der Waals surface area contributed by atoms with Gasteiger partial charge in [-0.2, -0.15) is 5.10 Å². The minimum atomic E-state index is 0.0571. The van der Waals surface area contributed by atoms with Crippen molar-refractivity contribution in [2.75, 3.05) is 68.8 Å². The van der Waals surface area contributed by atoms with Crippen molar-refractivity contribution in [1.29, 1.82) is 0 Å². The second-order valence-electron chi connectivity index (χ2n) is 11.3. The van der Waals surface area contributed by atoms with Crippen LogP contribution in [0.15, 0.2) is 79.0 Å². The highest BCUT2D eigenvalue weighted by molar-refractivity contribution is 5.78. The largest absolute Gasteiger partial charge is 0.378 e. The molecule has 0 saturated carbocycles. The van der Waals surface area contributed by atoms with Crippen LogP contribution in [0.25, 0.3) is 16.9 Å². The fourth-order valence-electron chi connectivity index (χ4n) is 5.90. The summed E-state index contributed by atoms with van der Waals surface area (Å²) in [6.45, 7) is 11.9. The van der Waals surface area contributed by atoms with Crippen molar-refractivity contribution in [2.24, 2.45) is 0 Å². The first-order valence-corrected chi connectivity index (χ1v) is 14.9. The quantitative estimate of drug-likeness (QED) is 0.342. The van der Waals surface area contributed by atoms with E-state index in [4.69, 9.17) is 9.84 Å². The molecule has 0 bridgehead atoms. The SMILES string of the molecule is Cc1ccc(N2CCN(CC(=O)NCc3cc(-c4ccn(-c5ccccc5)n4)cc(N4CCOCC4)c3)CC2)c(C)c1. The molecule has 8 heteroatoms. The maximum atomic E-state index is 13.0. The topological polar surface area (TPSA) is 65.9 Å². The van der Waals surface area contributed by atoms with Gasteiger partial charge in [-0.05, 0) is 67.4 Å². The summed E-state index contributed by atoms with van der Waals surface area (Å²) in [5.41, 5.74) is 9.07. The summed E-state index contributed by atoms with van der Waals surface area (Å²) in [6.07, 6.45) is 1.99. The van der Waals surface area contributed by atoms with Gasteiger partial charge in [0.15, 0.2) is 0 Å². The van der Waals surface area contributed by atoms with Crippen LogP contribution in [0, 0.1) is 13.8 Å². The zero-order chi connectivity index (χ0) is 28.9. The van der Waals surface area contributed by atoms with Crippen molar-refractivity contribution in [1.82, 2.24) is 20.0 Å². The van der Waals surface area contributed by atoms with Gasteiger partial charge in [0.1, 0.15) is 0 Å². The number of benzene rings is 3. The molecule has 3 aromatic carbocycles. The molecule has 2 saturated heterocycles. The van der Waals surface area contributed by atoms with Crippen molar-refractivity contribution in [2.45, 2.75) is 20.4 Å². The Bertz CT molecular complexity index is 1500. The van der Waals surface area contributed by atoms with E-state index < -0.39 is 0 Å². The highest BCUT2D eigenvalue weighted by atomic mass is 16.5. The second-order valence-corrected chi connectivity index (χ2v) is 11.3. The van der Waals surface area contributed by atoms with Crippen molar-refractivity contribution in [3.8, 4) is 16.9 Å². The lowest BCUT2D eigenvalue weighted by molar-refractivity contribution is -0.122. The minimum Gasteiger partial charge on any atom is -0.378 e. The number of rotatable bonds is 8. The lowest BCUT2D eigenvalue weighted by Gasteiger charge is -2.36. The molecule has 0 unspecified atom stereocenters. The molecule has 3 heterocycles. The van der Waals surface area contributed by atoms with Crippen LogP contribution in [0.3, 0.4) is 0 Å². The van der Waals surface area contributed by atoms with Gasteiger partial charge in [-0.15, -0.1) is 0 Å². The molecule has 0 aliphatic carbocycles. The molecular weight excluding hydrogens is 524 g/mol. The van der Waals surface area contributed by atoms with E-state index in [1.54, 1.807) is 0 Å². The van der Waals surface area contributed by atoms with Gasteiger partial charge in [0.05, 0.1) is 31.1 Å². The number of nitrogens with zero attached hydrogens (tertiary/aromatic N) is 5. The first-order chi connectivity index (χ1) is 20.5. The van der Waals surface area contributed by atoms with Gasteiger partial charge < -0.3 is 19.9 Å². The summed E-state index contributed by atoms with van der Waals surface area (Å²) < 4.78 is 7.49. The van der Waals surface area contributed by atoms with Crippen LogP contribution < -0.4 is 15.1 Å². The maximum absolute atomic E-state index is 13.0. The number of aromatic nitrogens is 2. The normalized spacial score (nSPS) is 16.0. The van der Waals surface area contributed by atoms with E-state index in [9.17, 15) is 4.79 Å². The fourth-order valence-corrected chi connectivity index (χ4v) is 5.90. The molecule has 2 aliphatic rings. The number of para-hydroxylation sites is 1. The highest BCUT2D eigenvalue weighted by Gasteiger charge is 2.21. The maximum Gasteiger partial charge on any atom is 0.234 e. The lowest BCUT2D eigenvalue weighted by atomic mass is 10.1. The Morgan fingerprint density at radius 3 is 2.38 bits per heavy atom. The average molecular weight is 565 g/mol. The Labute approximate surface area is 248 Å². The van der Waals surface area contributed by atoms with E-state index in [-0.39, 0.29) is 5.91 Å². The number of nitrogens with one attached hydrogen (secondary N) is 1. The molecule has 1 N–H and O–H groups in total. The van der Waals surface area contributed by atoms with Crippen LogP contribution >= 0.6 is 0 Å². The molecule has 2 fully saturated rings. The Balaban J connectivity index is 1.10. The lowest BCUT2D eigenvalue weighted by Crippen LogP contribution is -2.49. The number of morpholine rings is 1. The number of hydrogen-bond donors (Lipinski definition) is 1. The highest BCUT2D eigenvalue weighted by Crippen LogP contribution is 2.28. The summed E-state index contributed by atoms with van der Waals surface area (Å²) in [6, 6.07) is 25.3. The molecule has 0 spiro atoms. The number of amides is 1. The molecule has 4 aromatic rings. The van der Waals surface area contributed by atoms with E-state index in [1.165, 1.54) is 16.8 Å². The van der Waals surface area contributed by atoms with E-state index in [2.05, 4.69) is 70.3 Å². The van der Waals surface area contributed by atoms with Crippen LogP contribution in [-0.4, -0.2) is 79.6 Å². The van der Waals surface area contributed by atoms with Crippen LogP contribution in [0.1, 0.15) is 16.7 Å².